The number of carbonyl (C=O) groups is 1. The quantitative estimate of drug-likeness (QED) is 0.749. The molecule has 1 aromatic rings. The molecule has 0 aliphatic carbocycles. The number of carbonyl (C=O) groups excluding carboxylic acids is 1. The molecule has 28 heavy (non-hydrogen) atoms. The van der Waals surface area contributed by atoms with Gasteiger partial charge in [-0.05, 0) is 19.9 Å². The monoisotopic (exact) mass is 413 g/mol. The highest BCUT2D eigenvalue weighted by atomic mass is 19.4. The molecular formula is C17H20F5NO5. The van der Waals surface area contributed by atoms with E-state index < -0.39 is 53.5 Å². The molecule has 6 nitrogen and oxygen atoms in total. The van der Waals surface area contributed by atoms with E-state index in [1.165, 1.54) is 6.92 Å². The van der Waals surface area contributed by atoms with Crippen molar-refractivity contribution < 1.29 is 45.7 Å². The first-order chi connectivity index (χ1) is 13.0. The molecule has 0 unspecified atom stereocenters. The lowest BCUT2D eigenvalue weighted by Crippen LogP contribution is -2.52. The Bertz CT molecular complexity index is 729. The van der Waals surface area contributed by atoms with E-state index in [-0.39, 0.29) is 12.2 Å². The van der Waals surface area contributed by atoms with Gasteiger partial charge in [0.2, 0.25) is 5.82 Å². The molecule has 1 aliphatic heterocycles. The van der Waals surface area contributed by atoms with E-state index in [1.807, 2.05) is 0 Å². The van der Waals surface area contributed by atoms with Gasteiger partial charge in [0.15, 0.2) is 17.2 Å². The topological polar surface area (TPSA) is 66.0 Å². The number of alkyl halides is 3. The zero-order chi connectivity index (χ0) is 21.3. The number of nitrogens with one attached hydrogen (secondary N) is 1. The number of ether oxygens (including phenoxy) is 4. The normalized spacial score (nSPS) is 27.5. The third kappa shape index (κ3) is 3.72. The van der Waals surface area contributed by atoms with Gasteiger partial charge in [0.1, 0.15) is 12.3 Å². The van der Waals surface area contributed by atoms with Crippen LogP contribution in [-0.2, 0) is 14.2 Å². The molecule has 0 saturated carbocycles. The van der Waals surface area contributed by atoms with Crippen LogP contribution >= 0.6 is 0 Å². The largest absolute Gasteiger partial charge is 0.493 e. The first kappa shape index (κ1) is 22.2. The van der Waals surface area contributed by atoms with Crippen molar-refractivity contribution in [3.63, 3.8) is 0 Å². The van der Waals surface area contributed by atoms with Crippen molar-refractivity contribution in [3.05, 3.63) is 29.3 Å². The zero-order valence-electron chi connectivity index (χ0n) is 15.5. The summed E-state index contributed by atoms with van der Waals surface area (Å²) in [6.45, 7) is 2.09. The molecule has 11 heteroatoms. The van der Waals surface area contributed by atoms with Crippen molar-refractivity contribution in [2.24, 2.45) is 0 Å². The minimum absolute atomic E-state index is 0.132. The molecule has 1 fully saturated rings. The highest BCUT2D eigenvalue weighted by Crippen LogP contribution is 2.52. The summed E-state index contributed by atoms with van der Waals surface area (Å²) in [5.74, 6) is -4.62. The second-order valence-corrected chi connectivity index (χ2v) is 6.16. The Morgan fingerprint density at radius 2 is 1.93 bits per heavy atom. The predicted octanol–water partition coefficient (Wildman–Crippen LogP) is 3.50. The number of benzene rings is 1. The summed E-state index contributed by atoms with van der Waals surface area (Å²) >= 11 is 0. The molecule has 2 rings (SSSR count). The van der Waals surface area contributed by atoms with E-state index in [4.69, 9.17) is 14.2 Å². The fraction of sp³-hybridized carbons (Fsp3) is 0.588. The van der Waals surface area contributed by atoms with Gasteiger partial charge in [-0.15, -0.1) is 0 Å². The Kier molecular flexibility index (Phi) is 6.39. The summed E-state index contributed by atoms with van der Waals surface area (Å²) in [5, 5.41) is 2.14. The van der Waals surface area contributed by atoms with E-state index in [0.29, 0.717) is 0 Å². The highest BCUT2D eigenvalue weighted by Gasteiger charge is 2.67. The third-order valence-corrected chi connectivity index (χ3v) is 4.57. The van der Waals surface area contributed by atoms with Crippen LogP contribution in [0.4, 0.5) is 26.7 Å². The van der Waals surface area contributed by atoms with Gasteiger partial charge in [0, 0.05) is 12.2 Å². The summed E-state index contributed by atoms with van der Waals surface area (Å²) < 4.78 is 89.0. The molecule has 4 atom stereocenters. The maximum absolute atomic E-state index is 14.2. The van der Waals surface area contributed by atoms with Crippen molar-refractivity contribution >= 4 is 6.09 Å². The fourth-order valence-electron chi connectivity index (χ4n) is 3.21. The molecule has 0 aromatic heterocycles. The van der Waals surface area contributed by atoms with Gasteiger partial charge in [-0.3, -0.25) is 5.32 Å². The first-order valence-electron chi connectivity index (χ1n) is 8.24. The molecule has 0 bridgehead atoms. The van der Waals surface area contributed by atoms with Crippen LogP contribution in [0, 0.1) is 11.6 Å². The number of hydrogen-bond acceptors (Lipinski definition) is 5. The number of halogens is 5. The summed E-state index contributed by atoms with van der Waals surface area (Å²) in [7, 11) is 2.05. The molecule has 0 radical (unpaired) electrons. The molecule has 1 amide bonds. The van der Waals surface area contributed by atoms with Crippen molar-refractivity contribution in [2.45, 2.75) is 43.9 Å². The molecule has 158 valence electrons. The average Bonchev–Trinajstić information content (AvgIpc) is 2.90. The second-order valence-electron chi connectivity index (χ2n) is 6.16. The molecule has 1 aromatic carbocycles. The number of rotatable bonds is 5. The average molecular weight is 413 g/mol. The van der Waals surface area contributed by atoms with Gasteiger partial charge in [0.05, 0.1) is 20.1 Å². The van der Waals surface area contributed by atoms with E-state index in [0.717, 1.165) is 33.3 Å². The van der Waals surface area contributed by atoms with Crippen molar-refractivity contribution in [3.8, 4) is 5.75 Å². The minimum Gasteiger partial charge on any atom is -0.493 e. The highest BCUT2D eigenvalue weighted by molar-refractivity contribution is 5.67. The van der Waals surface area contributed by atoms with Gasteiger partial charge in [-0.2, -0.15) is 17.6 Å². The first-order valence-corrected chi connectivity index (χ1v) is 8.24. The van der Waals surface area contributed by atoms with Crippen LogP contribution in [0.15, 0.2) is 12.1 Å². The van der Waals surface area contributed by atoms with Gasteiger partial charge < -0.3 is 18.9 Å². The van der Waals surface area contributed by atoms with Gasteiger partial charge in [0.25, 0.3) is 0 Å². The van der Waals surface area contributed by atoms with Crippen molar-refractivity contribution in [1.29, 1.82) is 0 Å². The summed E-state index contributed by atoms with van der Waals surface area (Å²) in [5.41, 5.74) is -3.01. The number of hydrogen-bond donors (Lipinski definition) is 1. The van der Waals surface area contributed by atoms with Crippen LogP contribution in [0.5, 0.6) is 5.75 Å². The second kappa shape index (κ2) is 8.08. The van der Waals surface area contributed by atoms with Crippen LogP contribution in [-0.4, -0.2) is 51.0 Å². The van der Waals surface area contributed by atoms with Crippen LogP contribution in [0.3, 0.4) is 0 Å². The van der Waals surface area contributed by atoms with Gasteiger partial charge >= 0.3 is 12.3 Å². The number of amides is 1. The van der Waals surface area contributed by atoms with E-state index in [1.54, 1.807) is 0 Å². The third-order valence-electron chi connectivity index (χ3n) is 4.57. The number of alkyl carbamates (subject to hydrolysis) is 1. The standard InChI is InChI=1S/C17H20F5NO5/c1-5-27-13-10(8-6-7-9(18)11(19)12(8)25-3)14(23-15(24)26-4)28-16(13,2)17(20,21)22/h6-7,10,13-14H,5H2,1-4H3,(H,23,24)/t10-,13+,14-,16-/m1/s1. The number of methoxy groups -OCH3 is 2. The summed E-state index contributed by atoms with van der Waals surface area (Å²) in [6.07, 6.45) is -9.28. The summed E-state index contributed by atoms with van der Waals surface area (Å²) in [4.78, 5) is 11.6. The van der Waals surface area contributed by atoms with Crippen LogP contribution in [0.2, 0.25) is 0 Å². The SMILES string of the molecule is CCO[C@H]1[C@@H](c2ccc(F)c(F)c2OC)[C@H](NC(=O)OC)O[C@@]1(C)C(F)(F)F. The molecular weight excluding hydrogens is 393 g/mol. The minimum atomic E-state index is -4.90. The Morgan fingerprint density at radius 1 is 1.29 bits per heavy atom. The maximum atomic E-state index is 14.2. The lowest BCUT2D eigenvalue weighted by atomic mass is 9.84. The Hall–Kier alpha value is -2.14. The van der Waals surface area contributed by atoms with E-state index in [2.05, 4.69) is 10.1 Å². The van der Waals surface area contributed by atoms with E-state index >= 15 is 0 Å². The van der Waals surface area contributed by atoms with Crippen LogP contribution < -0.4 is 10.1 Å². The van der Waals surface area contributed by atoms with E-state index in [9.17, 15) is 26.7 Å². The van der Waals surface area contributed by atoms with Crippen LogP contribution in [0.25, 0.3) is 0 Å². The van der Waals surface area contributed by atoms with Gasteiger partial charge in [-0.25, -0.2) is 9.18 Å². The Labute approximate surface area is 157 Å². The molecule has 1 heterocycles. The van der Waals surface area contributed by atoms with Crippen molar-refractivity contribution in [1.82, 2.24) is 5.32 Å². The molecule has 1 aliphatic rings. The summed E-state index contributed by atoms with van der Waals surface area (Å²) in [6, 6.07) is 1.81. The fourth-order valence-corrected chi connectivity index (χ4v) is 3.21. The molecule has 1 saturated heterocycles. The predicted molar refractivity (Wildman–Crippen MR) is 85.9 cm³/mol. The molecule has 1 N–H and O–H groups in total. The Morgan fingerprint density at radius 3 is 2.43 bits per heavy atom. The lowest BCUT2D eigenvalue weighted by Gasteiger charge is -2.33. The maximum Gasteiger partial charge on any atom is 0.419 e. The van der Waals surface area contributed by atoms with Gasteiger partial charge in [-0.1, -0.05) is 6.07 Å². The Balaban J connectivity index is 2.67. The smallest absolute Gasteiger partial charge is 0.419 e. The zero-order valence-corrected chi connectivity index (χ0v) is 15.5. The van der Waals surface area contributed by atoms with Crippen molar-refractivity contribution in [2.75, 3.05) is 20.8 Å². The molecule has 0 spiro atoms. The lowest BCUT2D eigenvalue weighted by molar-refractivity contribution is -0.288. The van der Waals surface area contributed by atoms with Crippen LogP contribution in [0.1, 0.15) is 25.3 Å².